The van der Waals surface area contributed by atoms with Crippen molar-refractivity contribution in [1.29, 1.82) is 0 Å². The van der Waals surface area contributed by atoms with Crippen molar-refractivity contribution in [1.82, 2.24) is 0 Å². The number of amides is 2. The summed E-state index contributed by atoms with van der Waals surface area (Å²) in [4.78, 5) is 29.9. The number of para-hydroxylation sites is 2. The zero-order valence-electron chi connectivity index (χ0n) is 25.1. The summed E-state index contributed by atoms with van der Waals surface area (Å²) in [7, 11) is 0. The van der Waals surface area contributed by atoms with E-state index in [2.05, 4.69) is 9.47 Å². The fraction of sp³-hybridized carbons (Fsp3) is 0.257. The Morgan fingerprint density at radius 3 is 1.11 bits per heavy atom. The first-order valence-electron chi connectivity index (χ1n) is 14.8. The summed E-state index contributed by atoms with van der Waals surface area (Å²) in [5, 5.41) is 0. The van der Waals surface area contributed by atoms with E-state index in [1.165, 1.54) is 24.3 Å². The number of carbonyl (C=O) groups is 2. The second-order valence-corrected chi connectivity index (χ2v) is 10.5. The molecule has 12 heteroatoms. The summed E-state index contributed by atoms with van der Waals surface area (Å²) < 4.78 is 83.0. The monoisotopic (exact) mass is 658 g/mol. The Labute approximate surface area is 268 Å². The molecule has 0 aliphatic rings. The Bertz CT molecular complexity index is 1440. The van der Waals surface area contributed by atoms with E-state index < -0.39 is 24.2 Å². The smallest absolute Gasteiger partial charge is 0.406 e. The second-order valence-electron chi connectivity index (χ2n) is 10.5. The average Bonchev–Trinajstić information content (AvgIpc) is 3.04. The lowest BCUT2D eigenvalue weighted by Crippen LogP contribution is -2.32. The fourth-order valence-electron chi connectivity index (χ4n) is 4.89. The van der Waals surface area contributed by atoms with Crippen molar-refractivity contribution < 1.29 is 45.4 Å². The molecule has 0 unspecified atom stereocenters. The molecule has 4 aromatic carbocycles. The average molecular weight is 659 g/mol. The van der Waals surface area contributed by atoms with Gasteiger partial charge in [0.1, 0.15) is 11.5 Å². The molecule has 47 heavy (non-hydrogen) atoms. The third-order valence-electron chi connectivity index (χ3n) is 7.06. The lowest BCUT2D eigenvalue weighted by molar-refractivity contribution is -0.275. The third kappa shape index (κ3) is 11.1. The van der Waals surface area contributed by atoms with Crippen molar-refractivity contribution in [3.8, 4) is 11.5 Å². The predicted molar refractivity (Wildman–Crippen MR) is 166 cm³/mol. The highest BCUT2D eigenvalue weighted by atomic mass is 19.4. The van der Waals surface area contributed by atoms with Crippen LogP contribution in [0.3, 0.4) is 0 Å². The number of nitrogens with zero attached hydrogens (tertiary/aromatic N) is 2. The predicted octanol–water partition coefficient (Wildman–Crippen LogP) is 9.43. The number of alkyl halides is 6. The zero-order valence-corrected chi connectivity index (χ0v) is 25.1. The molecular formula is C35H32F6N2O4. The SMILES string of the molecule is O=C(c1ccc(OC(F)(F)F)cc1)N(CCCCCCCN(C(=O)c1ccc(OC(F)(F)F)cc1)c1ccccc1)c1ccccc1. The Hall–Kier alpha value is -5.00. The molecule has 0 fully saturated rings. The molecule has 0 aromatic heterocycles. The van der Waals surface area contributed by atoms with Crippen LogP contribution in [0.1, 0.15) is 52.8 Å². The number of hydrogen-bond donors (Lipinski definition) is 0. The molecule has 0 saturated carbocycles. The standard InChI is InChI=1S/C35H32F6N2O4/c36-34(37,38)46-30-20-16-26(17-21-30)32(44)42(28-12-6-4-7-13-28)24-10-2-1-3-11-25-43(29-14-8-5-9-15-29)33(45)27-18-22-31(23-19-27)47-35(39,40)41/h4-9,12-23H,1-3,10-11,24-25H2. The Morgan fingerprint density at radius 1 is 0.468 bits per heavy atom. The molecule has 4 aromatic rings. The normalized spacial score (nSPS) is 11.5. The molecule has 2 amide bonds. The van der Waals surface area contributed by atoms with Gasteiger partial charge in [-0.15, -0.1) is 26.3 Å². The van der Waals surface area contributed by atoms with Gasteiger partial charge in [-0.1, -0.05) is 55.7 Å². The van der Waals surface area contributed by atoms with Gasteiger partial charge < -0.3 is 19.3 Å². The molecule has 0 bridgehead atoms. The van der Waals surface area contributed by atoms with E-state index in [0.717, 1.165) is 43.5 Å². The van der Waals surface area contributed by atoms with Crippen LogP contribution >= 0.6 is 0 Å². The summed E-state index contributed by atoms with van der Waals surface area (Å²) in [6.45, 7) is 0.763. The Morgan fingerprint density at radius 2 is 0.787 bits per heavy atom. The summed E-state index contributed by atoms with van der Waals surface area (Å²) in [6.07, 6.45) is -6.00. The van der Waals surface area contributed by atoms with Gasteiger partial charge in [0.25, 0.3) is 11.8 Å². The summed E-state index contributed by atoms with van der Waals surface area (Å²) in [5.74, 6) is -1.54. The summed E-state index contributed by atoms with van der Waals surface area (Å²) >= 11 is 0. The van der Waals surface area contributed by atoms with Crippen molar-refractivity contribution >= 4 is 23.2 Å². The van der Waals surface area contributed by atoms with Gasteiger partial charge in [-0.3, -0.25) is 9.59 Å². The number of halogens is 6. The van der Waals surface area contributed by atoms with E-state index in [1.807, 2.05) is 12.1 Å². The first kappa shape index (κ1) is 34.9. The molecule has 4 rings (SSSR count). The maximum Gasteiger partial charge on any atom is 0.573 e. The van der Waals surface area contributed by atoms with Crippen LogP contribution in [-0.4, -0.2) is 37.6 Å². The minimum atomic E-state index is -4.83. The third-order valence-corrected chi connectivity index (χ3v) is 7.06. The molecule has 0 heterocycles. The van der Waals surface area contributed by atoms with Gasteiger partial charge in [0.05, 0.1) is 0 Å². The minimum absolute atomic E-state index is 0.219. The molecule has 248 valence electrons. The summed E-state index contributed by atoms with van der Waals surface area (Å²) in [5.41, 5.74) is 1.75. The zero-order chi connectivity index (χ0) is 33.9. The maximum atomic E-state index is 13.3. The quantitative estimate of drug-likeness (QED) is 0.100. The minimum Gasteiger partial charge on any atom is -0.406 e. The molecule has 6 nitrogen and oxygen atoms in total. The second kappa shape index (κ2) is 16.0. The largest absolute Gasteiger partial charge is 0.573 e. The van der Waals surface area contributed by atoms with E-state index in [1.54, 1.807) is 58.3 Å². The van der Waals surface area contributed by atoms with Crippen LogP contribution < -0.4 is 19.3 Å². The molecule has 0 N–H and O–H groups in total. The van der Waals surface area contributed by atoms with Gasteiger partial charge in [-0.25, -0.2) is 0 Å². The first-order valence-corrected chi connectivity index (χ1v) is 14.8. The van der Waals surface area contributed by atoms with Gasteiger partial charge in [-0.2, -0.15) is 0 Å². The van der Waals surface area contributed by atoms with Crippen LogP contribution in [0.5, 0.6) is 11.5 Å². The van der Waals surface area contributed by atoms with Crippen molar-refractivity contribution in [2.75, 3.05) is 22.9 Å². The van der Waals surface area contributed by atoms with Crippen LogP contribution in [0.4, 0.5) is 37.7 Å². The van der Waals surface area contributed by atoms with Crippen LogP contribution in [0.2, 0.25) is 0 Å². The Kier molecular flexibility index (Phi) is 11.9. The highest BCUT2D eigenvalue weighted by Crippen LogP contribution is 2.26. The van der Waals surface area contributed by atoms with Crippen molar-refractivity contribution in [3.05, 3.63) is 120 Å². The maximum absolute atomic E-state index is 13.3. The van der Waals surface area contributed by atoms with Crippen molar-refractivity contribution in [2.45, 2.75) is 44.8 Å². The molecular weight excluding hydrogens is 626 g/mol. The molecule has 0 saturated heterocycles. The number of rotatable bonds is 14. The summed E-state index contributed by atoms with van der Waals surface area (Å²) in [6, 6.07) is 27.5. The lowest BCUT2D eigenvalue weighted by atomic mass is 10.1. The molecule has 0 aliphatic carbocycles. The number of hydrogen-bond acceptors (Lipinski definition) is 4. The Balaban J connectivity index is 1.31. The molecule has 0 radical (unpaired) electrons. The topological polar surface area (TPSA) is 59.1 Å². The van der Waals surface area contributed by atoms with E-state index in [4.69, 9.17) is 0 Å². The number of unbranched alkanes of at least 4 members (excludes halogenated alkanes) is 4. The highest BCUT2D eigenvalue weighted by Gasteiger charge is 2.32. The van der Waals surface area contributed by atoms with Crippen molar-refractivity contribution in [2.24, 2.45) is 0 Å². The fourth-order valence-corrected chi connectivity index (χ4v) is 4.89. The van der Waals surface area contributed by atoms with Crippen LogP contribution in [0, 0.1) is 0 Å². The van der Waals surface area contributed by atoms with Crippen LogP contribution in [0.15, 0.2) is 109 Å². The van der Waals surface area contributed by atoms with E-state index in [9.17, 15) is 35.9 Å². The van der Waals surface area contributed by atoms with Crippen LogP contribution in [-0.2, 0) is 0 Å². The van der Waals surface area contributed by atoms with Crippen LogP contribution in [0.25, 0.3) is 0 Å². The lowest BCUT2D eigenvalue weighted by Gasteiger charge is -2.24. The first-order chi connectivity index (χ1) is 22.4. The molecule has 0 aliphatic heterocycles. The van der Waals surface area contributed by atoms with Gasteiger partial charge in [0.15, 0.2) is 0 Å². The molecule has 0 spiro atoms. The highest BCUT2D eigenvalue weighted by molar-refractivity contribution is 6.06. The number of ether oxygens (including phenoxy) is 2. The van der Waals surface area contributed by atoms with Gasteiger partial charge in [-0.05, 0) is 85.6 Å². The van der Waals surface area contributed by atoms with E-state index in [0.29, 0.717) is 37.3 Å². The van der Waals surface area contributed by atoms with Gasteiger partial charge in [0.2, 0.25) is 0 Å². The van der Waals surface area contributed by atoms with E-state index in [-0.39, 0.29) is 22.9 Å². The van der Waals surface area contributed by atoms with E-state index >= 15 is 0 Å². The van der Waals surface area contributed by atoms with Crippen molar-refractivity contribution in [3.63, 3.8) is 0 Å². The van der Waals surface area contributed by atoms with Gasteiger partial charge >= 0.3 is 12.7 Å². The van der Waals surface area contributed by atoms with Gasteiger partial charge in [0, 0.05) is 35.6 Å². The molecule has 0 atom stereocenters. The number of benzene rings is 4. The number of carbonyl (C=O) groups excluding carboxylic acids is 2. The number of anilines is 2.